The van der Waals surface area contributed by atoms with Gasteiger partial charge in [0.15, 0.2) is 0 Å². The van der Waals surface area contributed by atoms with Crippen molar-refractivity contribution in [3.8, 4) is 0 Å². The Balaban J connectivity index is 2.07. The second kappa shape index (κ2) is 6.70. The minimum Gasteiger partial charge on any atom is -0.314 e. The lowest BCUT2D eigenvalue weighted by molar-refractivity contribution is 0.169. The summed E-state index contributed by atoms with van der Waals surface area (Å²) in [5, 5.41) is 3.67. The third-order valence-electron chi connectivity index (χ3n) is 3.17. The molecule has 0 aromatic rings. The maximum absolute atomic E-state index is 3.67. The Morgan fingerprint density at radius 1 is 1.50 bits per heavy atom. The van der Waals surface area contributed by atoms with Crippen LogP contribution in [0.2, 0.25) is 0 Å². The molecule has 1 aliphatic rings. The van der Waals surface area contributed by atoms with Crippen molar-refractivity contribution < 1.29 is 0 Å². The monoisotopic (exact) mass is 216 g/mol. The standard InChI is InChI=1S/C11H24N2S/c1-10-9-11(5-7-13(10)2)12-6-4-8-14-3/h10-12H,4-9H2,1-3H3. The second-order valence-electron chi connectivity index (χ2n) is 4.35. The van der Waals surface area contributed by atoms with Crippen molar-refractivity contribution in [1.82, 2.24) is 10.2 Å². The van der Waals surface area contributed by atoms with Gasteiger partial charge in [0.1, 0.15) is 0 Å². The van der Waals surface area contributed by atoms with Crippen molar-refractivity contribution in [3.63, 3.8) is 0 Å². The minimum absolute atomic E-state index is 0.752. The number of hydrogen-bond acceptors (Lipinski definition) is 3. The summed E-state index contributed by atoms with van der Waals surface area (Å²) in [6.45, 7) is 4.78. The maximum atomic E-state index is 3.67. The Kier molecular flexibility index (Phi) is 5.90. The number of likely N-dealkylation sites (tertiary alicyclic amines) is 1. The van der Waals surface area contributed by atoms with Gasteiger partial charge in [0.05, 0.1) is 0 Å². The summed E-state index contributed by atoms with van der Waals surface area (Å²) >= 11 is 1.94. The van der Waals surface area contributed by atoms with Crippen LogP contribution in [0.5, 0.6) is 0 Å². The predicted octanol–water partition coefficient (Wildman–Crippen LogP) is 1.81. The van der Waals surface area contributed by atoms with Gasteiger partial charge in [-0.2, -0.15) is 11.8 Å². The van der Waals surface area contributed by atoms with Gasteiger partial charge in [-0.1, -0.05) is 0 Å². The van der Waals surface area contributed by atoms with Gasteiger partial charge in [0.2, 0.25) is 0 Å². The molecular formula is C11H24N2S. The van der Waals surface area contributed by atoms with Gasteiger partial charge >= 0.3 is 0 Å². The molecule has 1 fully saturated rings. The highest BCUT2D eigenvalue weighted by molar-refractivity contribution is 7.98. The third-order valence-corrected chi connectivity index (χ3v) is 3.86. The molecule has 3 heteroatoms. The van der Waals surface area contributed by atoms with E-state index < -0.39 is 0 Å². The Hall–Kier alpha value is 0.270. The molecular weight excluding hydrogens is 192 g/mol. The van der Waals surface area contributed by atoms with Gasteiger partial charge in [-0.05, 0) is 58.3 Å². The van der Waals surface area contributed by atoms with Crippen LogP contribution in [-0.2, 0) is 0 Å². The first-order valence-corrected chi connectivity index (χ1v) is 7.06. The van der Waals surface area contributed by atoms with Crippen molar-refractivity contribution in [2.75, 3.05) is 32.1 Å². The molecule has 0 spiro atoms. The number of thioether (sulfide) groups is 1. The maximum Gasteiger partial charge on any atom is 0.00940 e. The molecule has 1 saturated heterocycles. The highest BCUT2D eigenvalue weighted by atomic mass is 32.2. The average Bonchev–Trinajstić information content (AvgIpc) is 2.18. The van der Waals surface area contributed by atoms with Crippen LogP contribution < -0.4 is 5.32 Å². The molecule has 0 aromatic heterocycles. The molecule has 1 rings (SSSR count). The Bertz CT molecular complexity index is 152. The molecule has 1 aliphatic heterocycles. The fourth-order valence-electron chi connectivity index (χ4n) is 2.00. The minimum atomic E-state index is 0.752. The van der Waals surface area contributed by atoms with Crippen LogP contribution in [0.3, 0.4) is 0 Å². The van der Waals surface area contributed by atoms with Crippen LogP contribution in [-0.4, -0.2) is 49.1 Å². The lowest BCUT2D eigenvalue weighted by Crippen LogP contribution is -2.45. The highest BCUT2D eigenvalue weighted by Crippen LogP contribution is 2.15. The van der Waals surface area contributed by atoms with E-state index in [1.165, 1.54) is 38.1 Å². The largest absolute Gasteiger partial charge is 0.314 e. The van der Waals surface area contributed by atoms with Crippen molar-refractivity contribution in [1.29, 1.82) is 0 Å². The molecule has 0 aliphatic carbocycles. The van der Waals surface area contributed by atoms with Crippen LogP contribution in [0.1, 0.15) is 26.2 Å². The molecule has 1 heterocycles. The van der Waals surface area contributed by atoms with E-state index in [9.17, 15) is 0 Å². The summed E-state index contributed by atoms with van der Waals surface area (Å²) in [4.78, 5) is 2.46. The van der Waals surface area contributed by atoms with E-state index in [-0.39, 0.29) is 0 Å². The molecule has 0 radical (unpaired) electrons. The normalized spacial score (nSPS) is 29.4. The van der Waals surface area contributed by atoms with Crippen molar-refractivity contribution >= 4 is 11.8 Å². The molecule has 0 amide bonds. The van der Waals surface area contributed by atoms with Gasteiger partial charge in [-0.25, -0.2) is 0 Å². The van der Waals surface area contributed by atoms with Crippen LogP contribution >= 0.6 is 11.8 Å². The van der Waals surface area contributed by atoms with E-state index in [1.54, 1.807) is 0 Å². The summed E-state index contributed by atoms with van der Waals surface area (Å²) in [5.41, 5.74) is 0. The van der Waals surface area contributed by atoms with E-state index in [2.05, 4.69) is 30.4 Å². The topological polar surface area (TPSA) is 15.3 Å². The van der Waals surface area contributed by atoms with Gasteiger partial charge in [0, 0.05) is 12.1 Å². The zero-order valence-electron chi connectivity index (χ0n) is 9.75. The van der Waals surface area contributed by atoms with Gasteiger partial charge < -0.3 is 10.2 Å². The van der Waals surface area contributed by atoms with Gasteiger partial charge in [-0.15, -0.1) is 0 Å². The molecule has 0 saturated carbocycles. The summed E-state index contributed by atoms with van der Waals surface area (Å²) in [5.74, 6) is 1.29. The summed E-state index contributed by atoms with van der Waals surface area (Å²) in [6, 6.07) is 1.52. The Labute approximate surface area is 92.8 Å². The van der Waals surface area contributed by atoms with Crippen molar-refractivity contribution in [3.05, 3.63) is 0 Å². The van der Waals surface area contributed by atoms with Crippen LogP contribution in [0.15, 0.2) is 0 Å². The predicted molar refractivity (Wildman–Crippen MR) is 66.1 cm³/mol. The van der Waals surface area contributed by atoms with E-state index in [0.717, 1.165) is 12.1 Å². The first kappa shape index (κ1) is 12.3. The zero-order chi connectivity index (χ0) is 10.4. The molecule has 2 atom stereocenters. The second-order valence-corrected chi connectivity index (χ2v) is 5.34. The fourth-order valence-corrected chi connectivity index (χ4v) is 2.43. The first-order valence-electron chi connectivity index (χ1n) is 5.66. The molecule has 2 nitrogen and oxygen atoms in total. The molecule has 1 N–H and O–H groups in total. The smallest absolute Gasteiger partial charge is 0.00940 e. The lowest BCUT2D eigenvalue weighted by Gasteiger charge is -2.35. The summed E-state index contributed by atoms with van der Waals surface area (Å²) < 4.78 is 0. The SMILES string of the molecule is CSCCCNC1CCN(C)C(C)C1. The number of piperidine rings is 1. The van der Waals surface area contributed by atoms with Crippen molar-refractivity contribution in [2.24, 2.45) is 0 Å². The molecule has 0 bridgehead atoms. The van der Waals surface area contributed by atoms with E-state index in [0.29, 0.717) is 0 Å². The number of rotatable bonds is 5. The highest BCUT2D eigenvalue weighted by Gasteiger charge is 2.21. The summed E-state index contributed by atoms with van der Waals surface area (Å²) in [7, 11) is 2.23. The molecule has 84 valence electrons. The van der Waals surface area contributed by atoms with Crippen LogP contribution in [0, 0.1) is 0 Å². The zero-order valence-corrected chi connectivity index (χ0v) is 10.6. The molecule has 2 unspecified atom stereocenters. The lowest BCUT2D eigenvalue weighted by atomic mass is 9.99. The Morgan fingerprint density at radius 2 is 2.29 bits per heavy atom. The van der Waals surface area contributed by atoms with Crippen molar-refractivity contribution in [2.45, 2.75) is 38.3 Å². The van der Waals surface area contributed by atoms with Crippen LogP contribution in [0.4, 0.5) is 0 Å². The van der Waals surface area contributed by atoms with E-state index >= 15 is 0 Å². The van der Waals surface area contributed by atoms with Gasteiger partial charge in [0.25, 0.3) is 0 Å². The number of nitrogens with one attached hydrogen (secondary N) is 1. The van der Waals surface area contributed by atoms with Crippen LogP contribution in [0.25, 0.3) is 0 Å². The average molecular weight is 216 g/mol. The first-order chi connectivity index (χ1) is 6.74. The quantitative estimate of drug-likeness (QED) is 0.706. The van der Waals surface area contributed by atoms with E-state index in [4.69, 9.17) is 0 Å². The number of nitrogens with zero attached hydrogens (tertiary/aromatic N) is 1. The van der Waals surface area contributed by atoms with Gasteiger partial charge in [-0.3, -0.25) is 0 Å². The molecule has 0 aromatic carbocycles. The third kappa shape index (κ3) is 4.20. The number of hydrogen-bond donors (Lipinski definition) is 1. The Morgan fingerprint density at radius 3 is 2.93 bits per heavy atom. The van der Waals surface area contributed by atoms with E-state index in [1.807, 2.05) is 11.8 Å². The summed E-state index contributed by atoms with van der Waals surface area (Å²) in [6.07, 6.45) is 6.12. The fraction of sp³-hybridized carbons (Fsp3) is 1.00. The molecule has 14 heavy (non-hydrogen) atoms.